The van der Waals surface area contributed by atoms with Gasteiger partial charge < -0.3 is 20.1 Å². The molecule has 10 heteroatoms. The molecule has 0 unspecified atom stereocenters. The molecule has 0 aliphatic carbocycles. The van der Waals surface area contributed by atoms with Gasteiger partial charge in [0, 0.05) is 20.7 Å². The fraction of sp³-hybridized carbons (Fsp3) is 0.333. The molecule has 2 aromatic rings. The second-order valence-corrected chi connectivity index (χ2v) is 8.66. The molecule has 0 fully saturated rings. The lowest BCUT2D eigenvalue weighted by atomic mass is 10.2. The highest BCUT2D eigenvalue weighted by Gasteiger charge is 2.21. The quantitative estimate of drug-likeness (QED) is 0.496. The lowest BCUT2D eigenvalue weighted by molar-refractivity contribution is -0.127. The van der Waals surface area contributed by atoms with Crippen molar-refractivity contribution in [3.63, 3.8) is 0 Å². The maximum absolute atomic E-state index is 12.8. The van der Waals surface area contributed by atoms with Crippen molar-refractivity contribution < 1.29 is 27.5 Å². The van der Waals surface area contributed by atoms with Gasteiger partial charge in [-0.05, 0) is 43.3 Å². The number of rotatable bonds is 11. The number of nitrogens with zero attached hydrogens (tertiary/aromatic N) is 1. The van der Waals surface area contributed by atoms with Gasteiger partial charge in [-0.2, -0.15) is 0 Å². The number of anilines is 1. The Balaban J connectivity index is 1.86. The molecule has 168 valence electrons. The lowest BCUT2D eigenvalue weighted by Crippen LogP contribution is -2.39. The number of sulfonamides is 1. The normalized spacial score (nSPS) is 10.9. The van der Waals surface area contributed by atoms with Crippen LogP contribution in [-0.2, 0) is 24.3 Å². The van der Waals surface area contributed by atoms with Crippen molar-refractivity contribution in [1.29, 1.82) is 0 Å². The van der Waals surface area contributed by atoms with Gasteiger partial charge >= 0.3 is 0 Å². The SMILES string of the molecule is COCCNC(=O)CNC(=O)COc1ccc(N(C)S(=O)(=O)c2ccc(C)cc2)cc1. The fourth-order valence-corrected chi connectivity index (χ4v) is 3.69. The summed E-state index contributed by atoms with van der Waals surface area (Å²) < 4.78 is 36.9. The number of nitrogens with one attached hydrogen (secondary N) is 2. The smallest absolute Gasteiger partial charge is 0.264 e. The minimum Gasteiger partial charge on any atom is -0.484 e. The maximum Gasteiger partial charge on any atom is 0.264 e. The van der Waals surface area contributed by atoms with Crippen LogP contribution in [-0.4, -0.2) is 60.7 Å². The van der Waals surface area contributed by atoms with Crippen molar-refractivity contribution >= 4 is 27.5 Å². The third kappa shape index (κ3) is 7.26. The highest BCUT2D eigenvalue weighted by atomic mass is 32.2. The van der Waals surface area contributed by atoms with Crippen molar-refractivity contribution in [3.8, 4) is 5.75 Å². The van der Waals surface area contributed by atoms with E-state index in [9.17, 15) is 18.0 Å². The number of aryl methyl sites for hydroxylation is 1. The third-order valence-electron chi connectivity index (χ3n) is 4.32. The average molecular weight is 450 g/mol. The molecule has 0 saturated carbocycles. The standard InChI is InChI=1S/C21H27N3O6S/c1-16-4-10-19(11-5-16)31(27,28)24(2)17-6-8-18(9-7-17)30-15-21(26)23-14-20(25)22-12-13-29-3/h4-11H,12-15H2,1-3H3,(H,22,25)(H,23,26). The van der Waals surface area contributed by atoms with Crippen LogP contribution in [0, 0.1) is 6.92 Å². The van der Waals surface area contributed by atoms with E-state index >= 15 is 0 Å². The predicted octanol–water partition coefficient (Wildman–Crippen LogP) is 1.08. The van der Waals surface area contributed by atoms with Crippen LogP contribution < -0.4 is 19.7 Å². The monoisotopic (exact) mass is 449 g/mol. The molecular weight excluding hydrogens is 422 g/mol. The van der Waals surface area contributed by atoms with Gasteiger partial charge in [0.05, 0.1) is 23.7 Å². The molecule has 0 radical (unpaired) electrons. The van der Waals surface area contributed by atoms with Gasteiger partial charge in [0.15, 0.2) is 6.61 Å². The van der Waals surface area contributed by atoms with E-state index in [0.29, 0.717) is 24.6 Å². The largest absolute Gasteiger partial charge is 0.484 e. The predicted molar refractivity (Wildman–Crippen MR) is 117 cm³/mol. The molecule has 0 bridgehead atoms. The van der Waals surface area contributed by atoms with Crippen LogP contribution in [0.5, 0.6) is 5.75 Å². The van der Waals surface area contributed by atoms with Crippen LogP contribution in [0.2, 0.25) is 0 Å². The van der Waals surface area contributed by atoms with Crippen molar-refractivity contribution in [2.45, 2.75) is 11.8 Å². The zero-order valence-electron chi connectivity index (χ0n) is 17.8. The minimum absolute atomic E-state index is 0.160. The van der Waals surface area contributed by atoms with E-state index in [1.54, 1.807) is 48.5 Å². The third-order valence-corrected chi connectivity index (χ3v) is 6.12. The first-order chi connectivity index (χ1) is 14.7. The van der Waals surface area contributed by atoms with Crippen LogP contribution in [0.25, 0.3) is 0 Å². The number of methoxy groups -OCH3 is 1. The minimum atomic E-state index is -3.69. The van der Waals surface area contributed by atoms with Crippen LogP contribution in [0.15, 0.2) is 53.4 Å². The zero-order chi connectivity index (χ0) is 22.9. The number of carbonyl (C=O) groups excluding carboxylic acids is 2. The first kappa shape index (κ1) is 24.2. The van der Waals surface area contributed by atoms with E-state index in [1.807, 2.05) is 6.92 Å². The summed E-state index contributed by atoms with van der Waals surface area (Å²) in [6.45, 7) is 2.20. The lowest BCUT2D eigenvalue weighted by Gasteiger charge is -2.20. The Morgan fingerprint density at radius 3 is 2.23 bits per heavy atom. The number of benzene rings is 2. The molecule has 0 aromatic heterocycles. The Labute approximate surface area is 182 Å². The molecule has 0 saturated heterocycles. The van der Waals surface area contributed by atoms with Crippen molar-refractivity contribution in [1.82, 2.24) is 10.6 Å². The van der Waals surface area contributed by atoms with Crippen LogP contribution in [0.4, 0.5) is 5.69 Å². The Bertz CT molecular complexity index is 975. The summed E-state index contributed by atoms with van der Waals surface area (Å²) in [7, 11) is -0.694. The molecule has 0 spiro atoms. The number of hydrogen-bond acceptors (Lipinski definition) is 6. The molecule has 9 nitrogen and oxygen atoms in total. The van der Waals surface area contributed by atoms with Crippen molar-refractivity contribution in [2.75, 3.05) is 44.8 Å². The second kappa shape index (κ2) is 11.3. The molecule has 0 aliphatic heterocycles. The summed E-state index contributed by atoms with van der Waals surface area (Å²) in [5, 5.41) is 5.03. The van der Waals surface area contributed by atoms with Crippen LogP contribution in [0.1, 0.15) is 5.56 Å². The molecule has 0 atom stereocenters. The zero-order valence-corrected chi connectivity index (χ0v) is 18.6. The summed E-state index contributed by atoms with van der Waals surface area (Å²) in [5.74, 6) is -0.387. The van der Waals surface area contributed by atoms with Crippen molar-refractivity contribution in [2.24, 2.45) is 0 Å². The van der Waals surface area contributed by atoms with E-state index < -0.39 is 15.9 Å². The highest BCUT2D eigenvalue weighted by molar-refractivity contribution is 7.92. The number of ether oxygens (including phenoxy) is 2. The number of hydrogen-bond donors (Lipinski definition) is 2. The molecule has 31 heavy (non-hydrogen) atoms. The van der Waals surface area contributed by atoms with E-state index in [0.717, 1.165) is 5.56 Å². The van der Waals surface area contributed by atoms with Gasteiger partial charge in [-0.15, -0.1) is 0 Å². The number of amides is 2. The summed E-state index contributed by atoms with van der Waals surface area (Å²) in [5.41, 5.74) is 1.42. The van der Waals surface area contributed by atoms with Gasteiger partial charge in [-0.3, -0.25) is 13.9 Å². The van der Waals surface area contributed by atoms with Gasteiger partial charge in [-0.25, -0.2) is 8.42 Å². The molecule has 0 heterocycles. The van der Waals surface area contributed by atoms with E-state index in [-0.39, 0.29) is 24.0 Å². The van der Waals surface area contributed by atoms with Gasteiger partial charge in [0.25, 0.3) is 15.9 Å². The summed E-state index contributed by atoms with van der Waals surface area (Å²) in [4.78, 5) is 23.5. The molecular formula is C21H27N3O6S. The van der Waals surface area contributed by atoms with E-state index in [4.69, 9.17) is 9.47 Å². The van der Waals surface area contributed by atoms with E-state index in [1.165, 1.54) is 18.5 Å². The van der Waals surface area contributed by atoms with Crippen LogP contribution in [0.3, 0.4) is 0 Å². The first-order valence-electron chi connectivity index (χ1n) is 9.55. The topological polar surface area (TPSA) is 114 Å². The molecule has 0 aliphatic rings. The van der Waals surface area contributed by atoms with Crippen molar-refractivity contribution in [3.05, 3.63) is 54.1 Å². The second-order valence-electron chi connectivity index (χ2n) is 6.69. The Morgan fingerprint density at radius 2 is 1.61 bits per heavy atom. The Hall–Kier alpha value is -3.11. The maximum atomic E-state index is 12.8. The molecule has 2 aromatic carbocycles. The van der Waals surface area contributed by atoms with Crippen LogP contribution >= 0.6 is 0 Å². The number of carbonyl (C=O) groups is 2. The molecule has 2 N–H and O–H groups in total. The Kier molecular flexibility index (Phi) is 8.83. The molecule has 2 amide bonds. The highest BCUT2D eigenvalue weighted by Crippen LogP contribution is 2.24. The summed E-state index contributed by atoms with van der Waals surface area (Å²) in [6, 6.07) is 12.9. The molecule has 2 rings (SSSR count). The summed E-state index contributed by atoms with van der Waals surface area (Å²) in [6.07, 6.45) is 0. The fourth-order valence-electron chi connectivity index (χ4n) is 2.49. The Morgan fingerprint density at radius 1 is 0.968 bits per heavy atom. The van der Waals surface area contributed by atoms with E-state index in [2.05, 4.69) is 10.6 Å². The average Bonchev–Trinajstić information content (AvgIpc) is 2.76. The summed E-state index contributed by atoms with van der Waals surface area (Å²) >= 11 is 0. The van der Waals surface area contributed by atoms with Gasteiger partial charge in [0.1, 0.15) is 5.75 Å². The van der Waals surface area contributed by atoms with Gasteiger partial charge in [0.2, 0.25) is 5.91 Å². The van der Waals surface area contributed by atoms with Gasteiger partial charge in [-0.1, -0.05) is 17.7 Å². The first-order valence-corrected chi connectivity index (χ1v) is 11.0.